The van der Waals surface area contributed by atoms with Gasteiger partial charge in [-0.25, -0.2) is 9.99 Å². The minimum absolute atomic E-state index is 0.159. The van der Waals surface area contributed by atoms with Crippen molar-refractivity contribution in [1.29, 1.82) is 0 Å². The second kappa shape index (κ2) is 5.86. The zero-order valence-electron chi connectivity index (χ0n) is 11.6. The minimum atomic E-state index is -4.45. The summed E-state index contributed by atoms with van der Waals surface area (Å²) in [6.45, 7) is 0. The van der Waals surface area contributed by atoms with E-state index in [4.69, 9.17) is 0 Å². The first-order valence-corrected chi connectivity index (χ1v) is 6.60. The fourth-order valence-corrected chi connectivity index (χ4v) is 2.04. The first-order chi connectivity index (χ1) is 10.9. The molecule has 0 amide bonds. The lowest BCUT2D eigenvalue weighted by Crippen LogP contribution is -2.42. The predicted octanol–water partition coefficient (Wildman–Crippen LogP) is 2.87. The van der Waals surface area contributed by atoms with Crippen molar-refractivity contribution in [2.24, 2.45) is 0 Å². The summed E-state index contributed by atoms with van der Waals surface area (Å²) in [5.74, 6) is 0.159. The zero-order chi connectivity index (χ0) is 16.4. The number of hydrogen-bond acceptors (Lipinski definition) is 6. The molecule has 0 aromatic carbocycles. The first-order valence-electron chi connectivity index (χ1n) is 6.60. The van der Waals surface area contributed by atoms with Gasteiger partial charge in [0.15, 0.2) is 0 Å². The molecule has 1 aliphatic rings. The summed E-state index contributed by atoms with van der Waals surface area (Å²) in [4.78, 5) is 7.67. The lowest BCUT2D eigenvalue weighted by Gasteiger charge is -2.27. The third kappa shape index (κ3) is 3.25. The second-order valence-electron chi connectivity index (χ2n) is 4.74. The van der Waals surface area contributed by atoms with E-state index in [1.807, 2.05) is 0 Å². The molecular formula is C14H12F3N5O. The summed E-state index contributed by atoms with van der Waals surface area (Å²) in [6, 6.07) is 5.60. The molecule has 2 aromatic rings. The highest BCUT2D eigenvalue weighted by Crippen LogP contribution is 2.30. The van der Waals surface area contributed by atoms with Gasteiger partial charge in [0.25, 0.3) is 0 Å². The van der Waals surface area contributed by atoms with Crippen LogP contribution >= 0.6 is 0 Å². The number of rotatable bonds is 3. The Kier molecular flexibility index (Phi) is 3.89. The molecule has 1 atom stereocenters. The molecule has 0 aliphatic carbocycles. The van der Waals surface area contributed by atoms with Gasteiger partial charge in [0.2, 0.25) is 0 Å². The van der Waals surface area contributed by atoms with Gasteiger partial charge in [-0.1, -0.05) is 5.17 Å². The summed E-state index contributed by atoms with van der Waals surface area (Å²) < 4.78 is 37.6. The number of alkyl halides is 3. The van der Waals surface area contributed by atoms with Crippen molar-refractivity contribution in [3.05, 3.63) is 60.7 Å². The molecule has 0 saturated heterocycles. The lowest BCUT2D eigenvalue weighted by molar-refractivity contribution is -0.137. The van der Waals surface area contributed by atoms with E-state index in [9.17, 15) is 18.4 Å². The summed E-state index contributed by atoms with van der Waals surface area (Å²) in [5.41, 5.74) is -0.164. The first kappa shape index (κ1) is 15.3. The van der Waals surface area contributed by atoms with Crippen LogP contribution in [-0.2, 0) is 6.18 Å². The molecule has 9 heteroatoms. The molecule has 6 nitrogen and oxygen atoms in total. The third-order valence-electron chi connectivity index (χ3n) is 3.17. The molecule has 2 N–H and O–H groups in total. The average Bonchev–Trinajstić information content (AvgIpc) is 2.89. The molecule has 0 fully saturated rings. The van der Waals surface area contributed by atoms with E-state index in [1.165, 1.54) is 17.3 Å². The Hall–Kier alpha value is -2.65. The van der Waals surface area contributed by atoms with Crippen molar-refractivity contribution < 1.29 is 18.4 Å². The van der Waals surface area contributed by atoms with Gasteiger partial charge in [-0.2, -0.15) is 13.2 Å². The van der Waals surface area contributed by atoms with Crippen molar-refractivity contribution in [3.63, 3.8) is 0 Å². The Morgan fingerprint density at radius 2 is 2.00 bits per heavy atom. The van der Waals surface area contributed by atoms with Crippen LogP contribution in [-0.4, -0.2) is 26.5 Å². The summed E-state index contributed by atoms with van der Waals surface area (Å²) in [5, 5.41) is 15.2. The fourth-order valence-electron chi connectivity index (χ4n) is 2.04. The van der Waals surface area contributed by atoms with Gasteiger partial charge in [0.05, 0.1) is 11.3 Å². The molecule has 0 bridgehead atoms. The number of aromatic nitrogens is 2. The number of hydrogen-bond donors (Lipinski definition) is 2. The van der Waals surface area contributed by atoms with Crippen LogP contribution in [0, 0.1) is 0 Å². The van der Waals surface area contributed by atoms with Crippen LogP contribution in [0.4, 0.5) is 24.7 Å². The normalized spacial score (nSPS) is 18.4. The SMILES string of the molecule is ON1C(Nc2cccnc2)C=CN1c1ccc(C(F)(F)F)cn1. The number of nitrogens with zero attached hydrogens (tertiary/aromatic N) is 4. The van der Waals surface area contributed by atoms with Crippen LogP contribution in [0.25, 0.3) is 0 Å². The largest absolute Gasteiger partial charge is 0.417 e. The topological polar surface area (TPSA) is 64.5 Å². The second-order valence-corrected chi connectivity index (χ2v) is 4.74. The zero-order valence-corrected chi connectivity index (χ0v) is 11.6. The van der Waals surface area contributed by atoms with E-state index in [0.29, 0.717) is 5.69 Å². The van der Waals surface area contributed by atoms with Crippen LogP contribution in [0.1, 0.15) is 5.56 Å². The minimum Gasteiger partial charge on any atom is -0.362 e. The Balaban J connectivity index is 1.72. The maximum atomic E-state index is 12.5. The van der Waals surface area contributed by atoms with Crippen LogP contribution in [0.3, 0.4) is 0 Å². The van der Waals surface area contributed by atoms with E-state index in [1.54, 1.807) is 30.6 Å². The monoisotopic (exact) mass is 323 g/mol. The maximum Gasteiger partial charge on any atom is 0.417 e. The van der Waals surface area contributed by atoms with E-state index in [2.05, 4.69) is 15.3 Å². The number of nitrogens with one attached hydrogen (secondary N) is 1. The van der Waals surface area contributed by atoms with Crippen LogP contribution in [0.15, 0.2) is 55.1 Å². The van der Waals surface area contributed by atoms with Gasteiger partial charge in [-0.15, -0.1) is 0 Å². The van der Waals surface area contributed by atoms with Crippen molar-refractivity contribution in [1.82, 2.24) is 15.1 Å². The van der Waals surface area contributed by atoms with Gasteiger partial charge in [-0.3, -0.25) is 10.2 Å². The van der Waals surface area contributed by atoms with Crippen LogP contribution in [0.5, 0.6) is 0 Å². The van der Waals surface area contributed by atoms with Gasteiger partial charge in [0, 0.05) is 24.8 Å². The molecular weight excluding hydrogens is 311 g/mol. The molecule has 23 heavy (non-hydrogen) atoms. The van der Waals surface area contributed by atoms with E-state index in [-0.39, 0.29) is 5.82 Å². The molecule has 0 radical (unpaired) electrons. The molecule has 1 unspecified atom stereocenters. The Morgan fingerprint density at radius 3 is 2.61 bits per heavy atom. The van der Waals surface area contributed by atoms with Crippen molar-refractivity contribution in [2.45, 2.75) is 12.3 Å². The highest BCUT2D eigenvalue weighted by atomic mass is 19.4. The molecule has 0 spiro atoms. The van der Waals surface area contributed by atoms with Gasteiger partial charge < -0.3 is 5.32 Å². The van der Waals surface area contributed by atoms with Gasteiger partial charge >= 0.3 is 6.18 Å². The fraction of sp³-hybridized carbons (Fsp3) is 0.143. The number of anilines is 2. The van der Waals surface area contributed by atoms with Crippen molar-refractivity contribution >= 4 is 11.5 Å². The number of hydroxylamine groups is 1. The number of halogens is 3. The highest BCUT2D eigenvalue weighted by molar-refractivity contribution is 5.47. The summed E-state index contributed by atoms with van der Waals surface area (Å²) in [7, 11) is 0. The molecule has 0 saturated carbocycles. The quantitative estimate of drug-likeness (QED) is 0.905. The Labute approximate surface area is 129 Å². The standard InChI is InChI=1S/C14H12F3N5O/c15-14(16,17)10-3-4-12(19-8-10)21-7-5-13(22(21)23)20-11-2-1-6-18-9-11/h1-9,13,20,23H. The Bertz CT molecular complexity index is 690. The number of pyridine rings is 2. The summed E-state index contributed by atoms with van der Waals surface area (Å²) >= 11 is 0. The highest BCUT2D eigenvalue weighted by Gasteiger charge is 2.32. The predicted molar refractivity (Wildman–Crippen MR) is 76.1 cm³/mol. The average molecular weight is 323 g/mol. The molecule has 3 rings (SSSR count). The molecule has 1 aliphatic heterocycles. The van der Waals surface area contributed by atoms with Crippen LogP contribution < -0.4 is 10.3 Å². The molecule has 3 heterocycles. The molecule has 2 aromatic heterocycles. The third-order valence-corrected chi connectivity index (χ3v) is 3.17. The van der Waals surface area contributed by atoms with E-state index in [0.717, 1.165) is 17.4 Å². The maximum absolute atomic E-state index is 12.5. The van der Waals surface area contributed by atoms with E-state index < -0.39 is 17.9 Å². The van der Waals surface area contributed by atoms with E-state index >= 15 is 0 Å². The summed E-state index contributed by atoms with van der Waals surface area (Å²) in [6.07, 6.45) is 2.01. The smallest absolute Gasteiger partial charge is 0.362 e. The number of hydrazine groups is 1. The van der Waals surface area contributed by atoms with Crippen LogP contribution in [0.2, 0.25) is 0 Å². The molecule has 120 valence electrons. The van der Waals surface area contributed by atoms with Crippen molar-refractivity contribution in [3.8, 4) is 0 Å². The lowest BCUT2D eigenvalue weighted by atomic mass is 10.3. The van der Waals surface area contributed by atoms with Gasteiger partial charge in [-0.05, 0) is 30.3 Å². The van der Waals surface area contributed by atoms with Crippen molar-refractivity contribution in [2.75, 3.05) is 10.3 Å². The Morgan fingerprint density at radius 1 is 1.17 bits per heavy atom. The van der Waals surface area contributed by atoms with Gasteiger partial charge in [0.1, 0.15) is 12.0 Å².